The third-order valence-corrected chi connectivity index (χ3v) is 3.60. The highest BCUT2D eigenvalue weighted by molar-refractivity contribution is 9.10. The van der Waals surface area contributed by atoms with Gasteiger partial charge in [0, 0.05) is 5.54 Å². The van der Waals surface area contributed by atoms with Gasteiger partial charge in [-0.2, -0.15) is 0 Å². The minimum absolute atomic E-state index is 0.409. The molecule has 0 aliphatic heterocycles. The average molecular weight is 302 g/mol. The van der Waals surface area contributed by atoms with Crippen molar-refractivity contribution in [2.45, 2.75) is 32.7 Å². The monoisotopic (exact) mass is 301 g/mol. The molecule has 0 unspecified atom stereocenters. The summed E-state index contributed by atoms with van der Waals surface area (Å²) in [6.45, 7) is 6.07. The molecule has 0 aliphatic rings. The van der Waals surface area contributed by atoms with Gasteiger partial charge in [-0.3, -0.25) is 0 Å². The van der Waals surface area contributed by atoms with Crippen molar-refractivity contribution in [3.8, 4) is 11.5 Å². The molecule has 0 aromatic heterocycles. The number of nitrogens with two attached hydrogens (primary N) is 1. The maximum Gasteiger partial charge on any atom is 0.175 e. The molecule has 3 nitrogen and oxygen atoms in total. The molecule has 0 aliphatic carbocycles. The SMILES string of the molecule is CCc1c(C(C)(C)N)cc(OC)c(OC)c1Br. The van der Waals surface area contributed by atoms with Gasteiger partial charge in [0.15, 0.2) is 11.5 Å². The Labute approximate surface area is 111 Å². The number of halogens is 1. The van der Waals surface area contributed by atoms with Crippen LogP contribution < -0.4 is 15.2 Å². The summed E-state index contributed by atoms with van der Waals surface area (Å²) in [5.41, 5.74) is 8.03. The summed E-state index contributed by atoms with van der Waals surface area (Å²) in [5.74, 6) is 1.42. The molecule has 4 heteroatoms. The van der Waals surface area contributed by atoms with E-state index in [2.05, 4.69) is 22.9 Å². The Hall–Kier alpha value is -0.740. The second kappa shape index (κ2) is 5.27. The Balaban J connectivity index is 3.57. The molecule has 17 heavy (non-hydrogen) atoms. The number of hydrogen-bond acceptors (Lipinski definition) is 3. The standard InChI is InChI=1S/C13H20BrNO2/c1-6-8-9(13(2,3)15)7-10(16-4)12(17-5)11(8)14/h7H,6,15H2,1-5H3. The largest absolute Gasteiger partial charge is 0.493 e. The zero-order valence-electron chi connectivity index (χ0n) is 11.1. The molecule has 1 aromatic carbocycles. The van der Waals surface area contributed by atoms with Gasteiger partial charge in [0.1, 0.15) is 0 Å². The van der Waals surface area contributed by atoms with E-state index in [1.807, 2.05) is 19.9 Å². The summed E-state index contributed by atoms with van der Waals surface area (Å²) >= 11 is 3.58. The van der Waals surface area contributed by atoms with E-state index in [1.165, 1.54) is 0 Å². The summed E-state index contributed by atoms with van der Waals surface area (Å²) in [7, 11) is 3.26. The first-order chi connectivity index (χ1) is 7.86. The topological polar surface area (TPSA) is 44.5 Å². The van der Waals surface area contributed by atoms with Crippen molar-refractivity contribution in [1.29, 1.82) is 0 Å². The second-order valence-corrected chi connectivity index (χ2v) is 5.32. The van der Waals surface area contributed by atoms with Crippen LogP contribution in [-0.2, 0) is 12.0 Å². The van der Waals surface area contributed by atoms with E-state index in [9.17, 15) is 0 Å². The lowest BCUT2D eigenvalue weighted by molar-refractivity contribution is 0.350. The Bertz CT molecular complexity index is 411. The van der Waals surface area contributed by atoms with Crippen molar-refractivity contribution >= 4 is 15.9 Å². The molecule has 2 N–H and O–H groups in total. The molecule has 0 spiro atoms. The molecule has 0 heterocycles. The zero-order chi connectivity index (χ0) is 13.2. The third kappa shape index (κ3) is 2.75. The fourth-order valence-electron chi connectivity index (χ4n) is 1.91. The van der Waals surface area contributed by atoms with E-state index >= 15 is 0 Å². The molecule has 0 radical (unpaired) electrons. The first kappa shape index (κ1) is 14.3. The van der Waals surface area contributed by atoms with Crippen molar-refractivity contribution in [2.75, 3.05) is 14.2 Å². The summed E-state index contributed by atoms with van der Waals surface area (Å²) in [6, 6.07) is 1.96. The highest BCUT2D eigenvalue weighted by atomic mass is 79.9. The van der Waals surface area contributed by atoms with Crippen molar-refractivity contribution in [2.24, 2.45) is 5.73 Å². The molecule has 0 atom stereocenters. The molecule has 0 bridgehead atoms. The summed E-state index contributed by atoms with van der Waals surface area (Å²) in [4.78, 5) is 0. The molecular formula is C13H20BrNO2. The van der Waals surface area contributed by atoms with E-state index in [-0.39, 0.29) is 0 Å². The van der Waals surface area contributed by atoms with Gasteiger partial charge in [-0.25, -0.2) is 0 Å². The minimum Gasteiger partial charge on any atom is -0.493 e. The Morgan fingerprint density at radius 1 is 1.29 bits per heavy atom. The second-order valence-electron chi connectivity index (χ2n) is 4.53. The van der Waals surface area contributed by atoms with Crippen LogP contribution in [0.15, 0.2) is 10.5 Å². The van der Waals surface area contributed by atoms with Crippen LogP contribution in [0.1, 0.15) is 31.9 Å². The van der Waals surface area contributed by atoms with Crippen LogP contribution in [0.25, 0.3) is 0 Å². The molecule has 1 rings (SSSR count). The van der Waals surface area contributed by atoms with E-state index in [0.717, 1.165) is 27.8 Å². The number of methoxy groups -OCH3 is 2. The van der Waals surface area contributed by atoms with Crippen LogP contribution in [0.5, 0.6) is 11.5 Å². The first-order valence-corrected chi connectivity index (χ1v) is 6.38. The average Bonchev–Trinajstić information content (AvgIpc) is 2.26. The number of ether oxygens (including phenoxy) is 2. The van der Waals surface area contributed by atoms with E-state index in [1.54, 1.807) is 14.2 Å². The lowest BCUT2D eigenvalue weighted by atomic mass is 9.89. The molecule has 0 saturated heterocycles. The third-order valence-electron chi connectivity index (χ3n) is 2.76. The normalized spacial score (nSPS) is 11.5. The predicted octanol–water partition coefficient (Wildman–Crippen LogP) is 3.22. The van der Waals surface area contributed by atoms with Gasteiger partial charge in [-0.1, -0.05) is 6.92 Å². The molecule has 0 amide bonds. The van der Waals surface area contributed by atoms with Gasteiger partial charge in [0.25, 0.3) is 0 Å². The van der Waals surface area contributed by atoms with Crippen LogP contribution in [0, 0.1) is 0 Å². The van der Waals surface area contributed by atoms with Gasteiger partial charge in [-0.15, -0.1) is 0 Å². The Morgan fingerprint density at radius 2 is 1.88 bits per heavy atom. The van der Waals surface area contributed by atoms with Crippen LogP contribution in [0.3, 0.4) is 0 Å². The lowest BCUT2D eigenvalue weighted by Crippen LogP contribution is -2.30. The lowest BCUT2D eigenvalue weighted by Gasteiger charge is -2.25. The smallest absolute Gasteiger partial charge is 0.175 e. The predicted molar refractivity (Wildman–Crippen MR) is 73.8 cm³/mol. The molecule has 0 saturated carbocycles. The van der Waals surface area contributed by atoms with Crippen LogP contribution in [0.2, 0.25) is 0 Å². The van der Waals surface area contributed by atoms with Crippen LogP contribution >= 0.6 is 15.9 Å². The van der Waals surface area contributed by atoms with Crippen molar-refractivity contribution in [1.82, 2.24) is 0 Å². The molecular weight excluding hydrogens is 282 g/mol. The molecule has 96 valence electrons. The van der Waals surface area contributed by atoms with Gasteiger partial charge in [0.05, 0.1) is 18.7 Å². The van der Waals surface area contributed by atoms with Gasteiger partial charge in [0.2, 0.25) is 0 Å². The maximum absolute atomic E-state index is 6.20. The Morgan fingerprint density at radius 3 is 2.24 bits per heavy atom. The molecule has 1 aromatic rings. The highest BCUT2D eigenvalue weighted by Gasteiger charge is 2.24. The number of hydrogen-bond donors (Lipinski definition) is 1. The van der Waals surface area contributed by atoms with E-state index < -0.39 is 5.54 Å². The minimum atomic E-state index is -0.409. The van der Waals surface area contributed by atoms with Gasteiger partial charge >= 0.3 is 0 Å². The Kier molecular flexibility index (Phi) is 4.44. The van der Waals surface area contributed by atoms with Crippen molar-refractivity contribution in [3.63, 3.8) is 0 Å². The fraction of sp³-hybridized carbons (Fsp3) is 0.538. The highest BCUT2D eigenvalue weighted by Crippen LogP contribution is 2.42. The fourth-order valence-corrected chi connectivity index (χ4v) is 2.76. The van der Waals surface area contributed by atoms with Crippen LogP contribution in [0.4, 0.5) is 0 Å². The van der Waals surface area contributed by atoms with E-state index in [4.69, 9.17) is 15.2 Å². The summed E-state index contributed by atoms with van der Waals surface area (Å²) in [5, 5.41) is 0. The number of rotatable bonds is 4. The van der Waals surface area contributed by atoms with Crippen LogP contribution in [-0.4, -0.2) is 14.2 Å². The maximum atomic E-state index is 6.20. The zero-order valence-corrected chi connectivity index (χ0v) is 12.6. The van der Waals surface area contributed by atoms with Crippen molar-refractivity contribution in [3.05, 3.63) is 21.7 Å². The van der Waals surface area contributed by atoms with Gasteiger partial charge < -0.3 is 15.2 Å². The first-order valence-electron chi connectivity index (χ1n) is 5.59. The number of benzene rings is 1. The summed E-state index contributed by atoms with van der Waals surface area (Å²) < 4.78 is 11.6. The van der Waals surface area contributed by atoms with E-state index in [0.29, 0.717) is 5.75 Å². The quantitative estimate of drug-likeness (QED) is 0.928. The summed E-state index contributed by atoms with van der Waals surface area (Å²) in [6.07, 6.45) is 0.886. The molecule has 0 fully saturated rings. The van der Waals surface area contributed by atoms with Gasteiger partial charge in [-0.05, 0) is 53.4 Å². The van der Waals surface area contributed by atoms with Crippen molar-refractivity contribution < 1.29 is 9.47 Å².